The van der Waals surface area contributed by atoms with Crippen LogP contribution in [0.15, 0.2) is 28.2 Å². The highest BCUT2D eigenvalue weighted by molar-refractivity contribution is 7.99. The number of benzene rings is 1. The number of carbonyl (C=O) groups is 1. The van der Waals surface area contributed by atoms with Gasteiger partial charge in [0.1, 0.15) is 9.85 Å². The van der Waals surface area contributed by atoms with E-state index < -0.39 is 4.92 Å². The van der Waals surface area contributed by atoms with Crippen molar-refractivity contribution in [2.75, 3.05) is 11.1 Å². The molecule has 1 aromatic carbocycles. The number of aryl methyl sites for hydroxylation is 2. The van der Waals surface area contributed by atoms with Gasteiger partial charge in [-0.15, -0.1) is 11.3 Å². The average Bonchev–Trinajstić information content (AvgIpc) is 3.09. The van der Waals surface area contributed by atoms with Crippen molar-refractivity contribution < 1.29 is 9.72 Å². The van der Waals surface area contributed by atoms with E-state index in [0.717, 1.165) is 47.8 Å². The van der Waals surface area contributed by atoms with Crippen molar-refractivity contribution in [2.24, 2.45) is 7.05 Å². The molecule has 4 rings (SSSR count). The third-order valence-electron chi connectivity index (χ3n) is 4.91. The fourth-order valence-electron chi connectivity index (χ4n) is 3.45. The number of aromatic nitrogens is 2. The largest absolute Gasteiger partial charge is 0.325 e. The molecule has 2 heterocycles. The summed E-state index contributed by atoms with van der Waals surface area (Å²) in [5.74, 6) is -0.357. The number of fused-ring (bicyclic) bond motifs is 3. The summed E-state index contributed by atoms with van der Waals surface area (Å²) in [6, 6.07) is 4.06. The van der Waals surface area contributed by atoms with E-state index in [1.165, 1.54) is 27.6 Å². The third kappa shape index (κ3) is 3.94. The number of hydrogen-bond acceptors (Lipinski definition) is 7. The first-order valence-electron chi connectivity index (χ1n) is 9.23. The van der Waals surface area contributed by atoms with Crippen LogP contribution in [-0.2, 0) is 24.7 Å². The number of amides is 1. The van der Waals surface area contributed by atoms with Crippen molar-refractivity contribution in [3.8, 4) is 0 Å². The van der Waals surface area contributed by atoms with E-state index in [-0.39, 0.29) is 33.6 Å². The van der Waals surface area contributed by atoms with E-state index in [4.69, 9.17) is 11.6 Å². The summed E-state index contributed by atoms with van der Waals surface area (Å²) in [5.41, 5.74) is 1.04. The quantitative estimate of drug-likeness (QED) is 0.263. The topological polar surface area (TPSA) is 107 Å². The number of thiophene rings is 1. The van der Waals surface area contributed by atoms with Crippen molar-refractivity contribution in [3.63, 3.8) is 0 Å². The lowest BCUT2D eigenvalue weighted by Crippen LogP contribution is -2.22. The van der Waals surface area contributed by atoms with Crippen LogP contribution in [0.25, 0.3) is 10.2 Å². The maximum atomic E-state index is 12.9. The highest BCUT2D eigenvalue weighted by Crippen LogP contribution is 2.34. The van der Waals surface area contributed by atoms with E-state index in [1.54, 1.807) is 18.4 Å². The van der Waals surface area contributed by atoms with Crippen LogP contribution in [0, 0.1) is 10.1 Å². The van der Waals surface area contributed by atoms with Crippen LogP contribution in [0.5, 0.6) is 0 Å². The molecule has 2 aromatic heterocycles. The number of nitro benzene ring substituents is 1. The monoisotopic (exact) mass is 464 g/mol. The van der Waals surface area contributed by atoms with Crippen molar-refractivity contribution in [3.05, 3.63) is 54.1 Å². The molecule has 30 heavy (non-hydrogen) atoms. The van der Waals surface area contributed by atoms with Gasteiger partial charge < -0.3 is 5.32 Å². The smallest absolute Gasteiger partial charge is 0.289 e. The molecule has 156 valence electrons. The molecule has 0 saturated carbocycles. The number of thioether (sulfide) groups is 1. The van der Waals surface area contributed by atoms with Gasteiger partial charge in [0.25, 0.3) is 11.2 Å². The second-order valence-corrected chi connectivity index (χ2v) is 9.34. The number of rotatable bonds is 5. The molecule has 11 heteroatoms. The van der Waals surface area contributed by atoms with Crippen LogP contribution < -0.4 is 10.9 Å². The lowest BCUT2D eigenvalue weighted by atomic mass is 9.97. The molecule has 0 radical (unpaired) electrons. The van der Waals surface area contributed by atoms with Crippen molar-refractivity contribution in [2.45, 2.75) is 30.8 Å². The molecule has 1 aliphatic rings. The van der Waals surface area contributed by atoms with E-state index in [2.05, 4.69) is 10.3 Å². The first kappa shape index (κ1) is 20.8. The van der Waals surface area contributed by atoms with Gasteiger partial charge in [0.15, 0.2) is 5.16 Å². The van der Waals surface area contributed by atoms with Gasteiger partial charge in [0, 0.05) is 23.7 Å². The van der Waals surface area contributed by atoms with E-state index >= 15 is 0 Å². The van der Waals surface area contributed by atoms with Crippen LogP contribution >= 0.6 is 34.7 Å². The molecule has 3 aromatic rings. The minimum atomic E-state index is -0.609. The number of carbonyl (C=O) groups excluding carboxylic acids is 1. The minimum absolute atomic E-state index is 0.00137. The summed E-state index contributed by atoms with van der Waals surface area (Å²) >= 11 is 8.50. The summed E-state index contributed by atoms with van der Waals surface area (Å²) in [6.07, 6.45) is 4.11. The molecule has 0 bridgehead atoms. The molecule has 1 amide bonds. The van der Waals surface area contributed by atoms with E-state index in [9.17, 15) is 19.7 Å². The lowest BCUT2D eigenvalue weighted by molar-refractivity contribution is -0.384. The van der Waals surface area contributed by atoms with Crippen LogP contribution in [0.3, 0.4) is 0 Å². The summed E-state index contributed by atoms with van der Waals surface area (Å²) in [6.45, 7) is 0. The van der Waals surface area contributed by atoms with Crippen LogP contribution in [-0.4, -0.2) is 26.1 Å². The predicted octanol–water partition coefficient (Wildman–Crippen LogP) is 4.17. The zero-order valence-electron chi connectivity index (χ0n) is 15.9. The van der Waals surface area contributed by atoms with Gasteiger partial charge in [0.2, 0.25) is 5.91 Å². The first-order chi connectivity index (χ1) is 14.3. The maximum Gasteiger partial charge on any atom is 0.289 e. The normalized spacial score (nSPS) is 13.3. The predicted molar refractivity (Wildman–Crippen MR) is 119 cm³/mol. The molecule has 1 aliphatic carbocycles. The fourth-order valence-corrected chi connectivity index (χ4v) is 5.71. The molecular weight excluding hydrogens is 448 g/mol. The Morgan fingerprint density at radius 3 is 2.93 bits per heavy atom. The third-order valence-corrected chi connectivity index (χ3v) is 7.45. The Labute approximate surface area is 184 Å². The highest BCUT2D eigenvalue weighted by atomic mass is 35.5. The molecule has 0 atom stereocenters. The second-order valence-electron chi connectivity index (χ2n) is 6.91. The lowest BCUT2D eigenvalue weighted by Gasteiger charge is -2.11. The van der Waals surface area contributed by atoms with Crippen molar-refractivity contribution in [1.29, 1.82) is 0 Å². The number of nitrogens with one attached hydrogen (secondary N) is 1. The Bertz CT molecular complexity index is 1240. The van der Waals surface area contributed by atoms with Gasteiger partial charge >= 0.3 is 0 Å². The molecule has 1 N–H and O–H groups in total. The zero-order chi connectivity index (χ0) is 21.4. The molecule has 0 saturated heterocycles. The minimum Gasteiger partial charge on any atom is -0.325 e. The van der Waals surface area contributed by atoms with Gasteiger partial charge in [-0.25, -0.2) is 4.98 Å². The van der Waals surface area contributed by atoms with Gasteiger partial charge in [-0.3, -0.25) is 24.3 Å². The molecule has 0 aliphatic heterocycles. The number of nitrogens with zero attached hydrogens (tertiary/aromatic N) is 3. The molecule has 8 nitrogen and oxygen atoms in total. The van der Waals surface area contributed by atoms with Crippen LogP contribution in [0.1, 0.15) is 23.3 Å². The summed E-state index contributed by atoms with van der Waals surface area (Å²) in [4.78, 5) is 42.2. The van der Waals surface area contributed by atoms with Crippen LogP contribution in [0.2, 0.25) is 5.02 Å². The Hall–Kier alpha value is -2.43. The fraction of sp³-hybridized carbons (Fsp3) is 0.316. The maximum absolute atomic E-state index is 12.9. The van der Waals surface area contributed by atoms with Crippen molar-refractivity contribution in [1.82, 2.24) is 9.55 Å². The SMILES string of the molecule is Cn1c(SCC(=O)Nc2ccc(Cl)c([N+](=O)[O-])c2)nc2sc3c(c2c1=O)CCCC3. The van der Waals surface area contributed by atoms with Crippen molar-refractivity contribution >= 4 is 62.2 Å². The van der Waals surface area contributed by atoms with E-state index in [1.807, 2.05) is 0 Å². The van der Waals surface area contributed by atoms with Gasteiger partial charge in [-0.2, -0.15) is 0 Å². The second kappa shape index (κ2) is 8.37. The van der Waals surface area contributed by atoms with Gasteiger partial charge in [-0.05, 0) is 43.4 Å². The van der Waals surface area contributed by atoms with Crippen LogP contribution in [0.4, 0.5) is 11.4 Å². The van der Waals surface area contributed by atoms with E-state index in [0.29, 0.717) is 10.5 Å². The standard InChI is InChI=1S/C19H17ClN4O4S2/c1-23-18(26)16-11-4-2-3-5-14(11)30-17(16)22-19(23)29-9-15(25)21-10-6-7-12(20)13(8-10)24(27)28/h6-8H,2-5,9H2,1H3,(H,21,25). The first-order valence-corrected chi connectivity index (χ1v) is 11.4. The average molecular weight is 465 g/mol. The Kier molecular flexibility index (Phi) is 5.81. The Balaban J connectivity index is 1.52. The molecule has 0 fully saturated rings. The zero-order valence-corrected chi connectivity index (χ0v) is 18.3. The number of halogens is 1. The Morgan fingerprint density at radius 2 is 2.17 bits per heavy atom. The summed E-state index contributed by atoms with van der Waals surface area (Å²) < 4.78 is 1.48. The number of anilines is 1. The molecule has 0 spiro atoms. The Morgan fingerprint density at radius 1 is 1.40 bits per heavy atom. The molecular formula is C19H17ClN4O4S2. The number of nitro groups is 1. The number of hydrogen-bond donors (Lipinski definition) is 1. The van der Waals surface area contributed by atoms with Gasteiger partial charge in [-0.1, -0.05) is 23.4 Å². The highest BCUT2D eigenvalue weighted by Gasteiger charge is 2.21. The summed E-state index contributed by atoms with van der Waals surface area (Å²) in [5, 5.41) is 14.8. The summed E-state index contributed by atoms with van der Waals surface area (Å²) in [7, 11) is 1.66. The molecule has 0 unspecified atom stereocenters. The van der Waals surface area contributed by atoms with Gasteiger partial charge in [0.05, 0.1) is 16.1 Å².